The highest BCUT2D eigenvalue weighted by Crippen LogP contribution is 2.21. The van der Waals surface area contributed by atoms with E-state index in [-0.39, 0.29) is 0 Å². The highest BCUT2D eigenvalue weighted by molar-refractivity contribution is 7.99. The fraction of sp³-hybridized carbons (Fsp3) is 0.750. The molecule has 1 saturated heterocycles. The number of ether oxygens (including phenoxy) is 1. The molecule has 0 spiro atoms. The van der Waals surface area contributed by atoms with E-state index in [1.165, 1.54) is 12.8 Å². The van der Waals surface area contributed by atoms with Gasteiger partial charge >= 0.3 is 0 Å². The second kappa shape index (κ2) is 6.42. The molecule has 96 valence electrons. The number of rotatable bonds is 6. The van der Waals surface area contributed by atoms with Gasteiger partial charge in [0.2, 0.25) is 0 Å². The van der Waals surface area contributed by atoms with Gasteiger partial charge in [0.1, 0.15) is 6.26 Å². The van der Waals surface area contributed by atoms with Crippen LogP contribution in [0.25, 0.3) is 0 Å². The lowest BCUT2D eigenvalue weighted by Gasteiger charge is -2.13. The zero-order valence-corrected chi connectivity index (χ0v) is 11.3. The minimum Gasteiger partial charge on any atom is -0.440 e. The third kappa shape index (κ3) is 4.33. The van der Waals surface area contributed by atoms with Crippen LogP contribution in [0.15, 0.2) is 15.9 Å². The number of nitrogens with zero attached hydrogens (tertiary/aromatic N) is 1. The van der Waals surface area contributed by atoms with Gasteiger partial charge in [0.15, 0.2) is 0 Å². The highest BCUT2D eigenvalue weighted by atomic mass is 32.2. The van der Waals surface area contributed by atoms with Crippen LogP contribution in [0.2, 0.25) is 0 Å². The van der Waals surface area contributed by atoms with Crippen LogP contribution >= 0.6 is 11.8 Å². The van der Waals surface area contributed by atoms with Gasteiger partial charge in [-0.25, -0.2) is 4.98 Å². The monoisotopic (exact) mass is 256 g/mol. The Morgan fingerprint density at radius 3 is 3.18 bits per heavy atom. The molecule has 1 N–H and O–H groups in total. The summed E-state index contributed by atoms with van der Waals surface area (Å²) in [5.74, 6) is 0. The number of thioether (sulfide) groups is 1. The van der Waals surface area contributed by atoms with Crippen molar-refractivity contribution in [3.05, 3.63) is 12.0 Å². The summed E-state index contributed by atoms with van der Waals surface area (Å²) in [7, 11) is 0. The number of aryl methyl sites for hydroxylation is 1. The highest BCUT2D eigenvalue weighted by Gasteiger charge is 2.15. The van der Waals surface area contributed by atoms with Crippen LogP contribution < -0.4 is 5.32 Å². The normalized spacial score (nSPS) is 21.9. The Kier molecular flexibility index (Phi) is 4.88. The molecular weight excluding hydrogens is 236 g/mol. The predicted octanol–water partition coefficient (Wildman–Crippen LogP) is 2.23. The van der Waals surface area contributed by atoms with Crippen LogP contribution in [0.3, 0.4) is 0 Å². The summed E-state index contributed by atoms with van der Waals surface area (Å²) in [6.07, 6.45) is 4.49. The molecule has 1 aromatic heterocycles. The van der Waals surface area contributed by atoms with Crippen LogP contribution in [-0.2, 0) is 4.74 Å². The Morgan fingerprint density at radius 2 is 2.53 bits per heavy atom. The van der Waals surface area contributed by atoms with Crippen molar-refractivity contribution in [2.24, 2.45) is 0 Å². The van der Waals surface area contributed by atoms with Crippen molar-refractivity contribution >= 4 is 11.8 Å². The molecule has 0 aromatic carbocycles. The van der Waals surface area contributed by atoms with Crippen LogP contribution in [0, 0.1) is 6.92 Å². The second-order valence-electron chi connectivity index (χ2n) is 4.48. The summed E-state index contributed by atoms with van der Waals surface area (Å²) in [5, 5.41) is 4.65. The minimum absolute atomic E-state index is 0.413. The van der Waals surface area contributed by atoms with Crippen LogP contribution in [0.1, 0.15) is 25.5 Å². The van der Waals surface area contributed by atoms with Crippen LogP contribution in [0.5, 0.6) is 0 Å². The van der Waals surface area contributed by atoms with E-state index < -0.39 is 0 Å². The molecular formula is C12H20N2O2S. The lowest BCUT2D eigenvalue weighted by molar-refractivity contribution is 0.110. The maximum Gasteiger partial charge on any atom is 0.256 e. The van der Waals surface area contributed by atoms with E-state index >= 15 is 0 Å². The Labute approximate surface area is 107 Å². The summed E-state index contributed by atoms with van der Waals surface area (Å²) < 4.78 is 10.9. The second-order valence-corrected chi connectivity index (χ2v) is 5.87. The van der Waals surface area contributed by atoms with Gasteiger partial charge < -0.3 is 14.5 Å². The number of aromatic nitrogens is 1. The van der Waals surface area contributed by atoms with Gasteiger partial charge in [0.25, 0.3) is 5.22 Å². The average Bonchev–Trinajstić information content (AvgIpc) is 2.90. The number of oxazole rings is 1. The summed E-state index contributed by atoms with van der Waals surface area (Å²) in [6, 6.07) is 0. The quantitative estimate of drug-likeness (QED) is 0.791. The molecule has 0 aliphatic carbocycles. The van der Waals surface area contributed by atoms with E-state index in [9.17, 15) is 0 Å². The van der Waals surface area contributed by atoms with E-state index in [2.05, 4.69) is 17.2 Å². The lowest BCUT2D eigenvalue weighted by Crippen LogP contribution is -2.30. The van der Waals surface area contributed by atoms with Gasteiger partial charge in [-0.1, -0.05) is 18.7 Å². The van der Waals surface area contributed by atoms with Gasteiger partial charge in [-0.15, -0.1) is 0 Å². The van der Waals surface area contributed by atoms with Crippen molar-refractivity contribution in [1.29, 1.82) is 0 Å². The molecule has 0 radical (unpaired) electrons. The molecule has 0 saturated carbocycles. The van der Waals surface area contributed by atoms with Crippen LogP contribution in [0.4, 0.5) is 0 Å². The third-order valence-corrected chi connectivity index (χ3v) is 3.69. The number of hydrogen-bond donors (Lipinski definition) is 1. The zero-order valence-electron chi connectivity index (χ0n) is 10.4. The molecule has 1 aliphatic heterocycles. The molecule has 1 aliphatic rings. The molecule has 2 rings (SSSR count). The molecule has 2 atom stereocenters. The molecule has 1 fully saturated rings. The molecule has 17 heavy (non-hydrogen) atoms. The fourth-order valence-corrected chi connectivity index (χ4v) is 2.70. The van der Waals surface area contributed by atoms with E-state index in [1.807, 2.05) is 6.92 Å². The Balaban J connectivity index is 1.61. The van der Waals surface area contributed by atoms with Gasteiger partial charge in [0, 0.05) is 24.9 Å². The van der Waals surface area contributed by atoms with Gasteiger partial charge in [0.05, 0.1) is 11.8 Å². The molecule has 2 heterocycles. The Morgan fingerprint density at radius 1 is 1.65 bits per heavy atom. The maximum atomic E-state index is 5.56. The largest absolute Gasteiger partial charge is 0.440 e. The molecule has 1 aromatic rings. The van der Waals surface area contributed by atoms with Crippen molar-refractivity contribution in [2.75, 3.05) is 19.7 Å². The Hall–Kier alpha value is -0.520. The van der Waals surface area contributed by atoms with Crippen LogP contribution in [-0.4, -0.2) is 36.0 Å². The summed E-state index contributed by atoms with van der Waals surface area (Å²) in [6.45, 7) is 6.94. The topological polar surface area (TPSA) is 47.3 Å². The standard InChI is InChI=1S/C12H20N2O2S/c1-9-8-16-12(14-9)17-10(2)6-13-7-11-4-3-5-15-11/h8,10-11,13H,3-7H2,1-2H3. The predicted molar refractivity (Wildman–Crippen MR) is 68.4 cm³/mol. The molecule has 0 bridgehead atoms. The van der Waals surface area contributed by atoms with E-state index in [1.54, 1.807) is 18.0 Å². The summed E-state index contributed by atoms with van der Waals surface area (Å²) in [5.41, 5.74) is 0.937. The van der Waals surface area contributed by atoms with E-state index in [4.69, 9.17) is 9.15 Å². The van der Waals surface area contributed by atoms with Crippen molar-refractivity contribution < 1.29 is 9.15 Å². The van der Waals surface area contributed by atoms with E-state index in [0.717, 1.165) is 30.6 Å². The summed E-state index contributed by atoms with van der Waals surface area (Å²) >= 11 is 1.67. The smallest absolute Gasteiger partial charge is 0.256 e. The third-order valence-electron chi connectivity index (χ3n) is 2.73. The maximum absolute atomic E-state index is 5.56. The zero-order chi connectivity index (χ0) is 12.1. The Bertz CT molecular complexity index is 337. The first-order chi connectivity index (χ1) is 8.24. The molecule has 2 unspecified atom stereocenters. The van der Waals surface area contributed by atoms with Crippen molar-refractivity contribution in [2.45, 2.75) is 43.3 Å². The lowest BCUT2D eigenvalue weighted by atomic mass is 10.2. The van der Waals surface area contributed by atoms with Crippen molar-refractivity contribution in [3.63, 3.8) is 0 Å². The number of nitrogens with one attached hydrogen (secondary N) is 1. The fourth-order valence-electron chi connectivity index (χ4n) is 1.85. The van der Waals surface area contributed by atoms with Gasteiger partial charge in [-0.2, -0.15) is 0 Å². The van der Waals surface area contributed by atoms with E-state index in [0.29, 0.717) is 11.4 Å². The molecule has 5 heteroatoms. The van der Waals surface area contributed by atoms with Gasteiger partial charge in [-0.05, 0) is 19.8 Å². The first-order valence-corrected chi connectivity index (χ1v) is 7.03. The average molecular weight is 256 g/mol. The number of hydrogen-bond acceptors (Lipinski definition) is 5. The minimum atomic E-state index is 0.413. The van der Waals surface area contributed by atoms with Crippen molar-refractivity contribution in [1.82, 2.24) is 10.3 Å². The first-order valence-electron chi connectivity index (χ1n) is 6.15. The molecule has 0 amide bonds. The summed E-state index contributed by atoms with van der Waals surface area (Å²) in [4.78, 5) is 4.28. The van der Waals surface area contributed by atoms with Crippen molar-refractivity contribution in [3.8, 4) is 0 Å². The van der Waals surface area contributed by atoms with Gasteiger partial charge in [-0.3, -0.25) is 0 Å². The molecule has 4 nitrogen and oxygen atoms in total. The first kappa shape index (κ1) is 12.9. The SMILES string of the molecule is Cc1coc(SC(C)CNCC2CCCO2)n1.